The first-order chi connectivity index (χ1) is 13.3. The second kappa shape index (κ2) is 12.5. The number of hydrogen-bond donors (Lipinski definition) is 2. The number of nitrogens with zero attached hydrogens (tertiary/aromatic N) is 3. The van der Waals surface area contributed by atoms with Gasteiger partial charge < -0.3 is 20.3 Å². The van der Waals surface area contributed by atoms with Gasteiger partial charge in [-0.05, 0) is 45.2 Å². The Bertz CT molecular complexity index is 464. The number of likely N-dealkylation sites (tertiary alicyclic amines) is 1. The van der Waals surface area contributed by atoms with Crippen LogP contribution in [0.4, 0.5) is 0 Å². The van der Waals surface area contributed by atoms with E-state index in [2.05, 4.69) is 34.3 Å². The van der Waals surface area contributed by atoms with Crippen molar-refractivity contribution in [3.63, 3.8) is 0 Å². The van der Waals surface area contributed by atoms with Gasteiger partial charge in [0, 0.05) is 38.3 Å². The fraction of sp³-hybridized carbons (Fsp3) is 0.952. The van der Waals surface area contributed by atoms with Crippen molar-refractivity contribution in [3.8, 4) is 0 Å². The smallest absolute Gasteiger partial charge is 0.191 e. The highest BCUT2D eigenvalue weighted by molar-refractivity contribution is 14.0. The Morgan fingerprint density at radius 1 is 1.07 bits per heavy atom. The Morgan fingerprint density at radius 3 is 2.46 bits per heavy atom. The van der Waals surface area contributed by atoms with Gasteiger partial charge in [-0.3, -0.25) is 9.89 Å². The van der Waals surface area contributed by atoms with Gasteiger partial charge in [0.05, 0.1) is 19.8 Å². The molecule has 3 aliphatic rings. The third-order valence-electron chi connectivity index (χ3n) is 6.72. The first-order valence-electron chi connectivity index (χ1n) is 11.3. The maximum atomic E-state index is 5.61. The Balaban J connectivity index is 0.00000280. The van der Waals surface area contributed by atoms with Gasteiger partial charge in [-0.1, -0.05) is 26.2 Å². The summed E-state index contributed by atoms with van der Waals surface area (Å²) in [5.74, 6) is 1.75. The van der Waals surface area contributed by atoms with E-state index in [4.69, 9.17) is 9.73 Å². The van der Waals surface area contributed by atoms with Crippen LogP contribution in [-0.2, 0) is 4.74 Å². The number of nitrogens with one attached hydrogen (secondary N) is 2. The predicted molar refractivity (Wildman–Crippen MR) is 128 cm³/mol. The fourth-order valence-electron chi connectivity index (χ4n) is 5.00. The lowest BCUT2D eigenvalue weighted by atomic mass is 9.80. The first kappa shape index (κ1) is 24.2. The van der Waals surface area contributed by atoms with Crippen LogP contribution in [0.25, 0.3) is 0 Å². The summed E-state index contributed by atoms with van der Waals surface area (Å²) >= 11 is 0. The lowest BCUT2D eigenvalue weighted by Crippen LogP contribution is -2.56. The standard InChI is InChI=1S/C21H41N5O.HI/c1-3-22-20(23-16-19-8-11-25(4-2)17-19)24-18-21(9-6-5-7-10-21)26-12-14-27-15-13-26;/h19H,3-18H2,1-2H3,(H2,22,23,24);1H. The molecule has 3 rings (SSSR count). The molecule has 0 radical (unpaired) electrons. The number of morpholine rings is 1. The molecule has 2 N–H and O–H groups in total. The summed E-state index contributed by atoms with van der Waals surface area (Å²) in [6, 6.07) is 0. The topological polar surface area (TPSA) is 52.1 Å². The molecule has 0 bridgehead atoms. The van der Waals surface area contributed by atoms with Crippen molar-refractivity contribution in [2.75, 3.05) is 65.6 Å². The lowest BCUT2D eigenvalue weighted by Gasteiger charge is -2.47. The van der Waals surface area contributed by atoms with Crippen molar-refractivity contribution in [2.24, 2.45) is 10.9 Å². The van der Waals surface area contributed by atoms with E-state index in [0.29, 0.717) is 0 Å². The third kappa shape index (κ3) is 6.71. The molecular weight excluding hydrogens is 465 g/mol. The van der Waals surface area contributed by atoms with E-state index in [1.54, 1.807) is 0 Å². The lowest BCUT2D eigenvalue weighted by molar-refractivity contribution is -0.0333. The first-order valence-corrected chi connectivity index (χ1v) is 11.3. The van der Waals surface area contributed by atoms with E-state index in [-0.39, 0.29) is 29.5 Å². The van der Waals surface area contributed by atoms with Crippen LogP contribution in [0.5, 0.6) is 0 Å². The second-order valence-corrected chi connectivity index (χ2v) is 8.51. The zero-order valence-electron chi connectivity index (χ0n) is 18.0. The summed E-state index contributed by atoms with van der Waals surface area (Å²) in [4.78, 5) is 10.3. The molecule has 0 aromatic heterocycles. The van der Waals surface area contributed by atoms with E-state index in [1.807, 2.05) is 0 Å². The molecule has 2 saturated heterocycles. The maximum Gasteiger partial charge on any atom is 0.191 e. The Morgan fingerprint density at radius 2 is 1.82 bits per heavy atom. The molecule has 6 nitrogen and oxygen atoms in total. The number of rotatable bonds is 7. The van der Waals surface area contributed by atoms with Crippen LogP contribution in [0.15, 0.2) is 4.99 Å². The highest BCUT2D eigenvalue weighted by Crippen LogP contribution is 2.34. The Hall–Kier alpha value is -0.120. The van der Waals surface area contributed by atoms with Crippen LogP contribution in [0.1, 0.15) is 52.4 Å². The van der Waals surface area contributed by atoms with Crippen molar-refractivity contribution in [1.29, 1.82) is 0 Å². The maximum absolute atomic E-state index is 5.61. The minimum Gasteiger partial charge on any atom is -0.379 e. The SMILES string of the molecule is CCNC(=NCC1(N2CCOCC2)CCCCC1)NCC1CCN(CC)C1.I. The van der Waals surface area contributed by atoms with E-state index >= 15 is 0 Å². The number of ether oxygens (including phenoxy) is 1. The molecule has 0 spiro atoms. The highest BCUT2D eigenvalue weighted by Gasteiger charge is 2.38. The van der Waals surface area contributed by atoms with Gasteiger partial charge in [-0.25, -0.2) is 0 Å². The van der Waals surface area contributed by atoms with Gasteiger partial charge in [0.15, 0.2) is 5.96 Å². The average molecular weight is 508 g/mol. The monoisotopic (exact) mass is 507 g/mol. The quantitative estimate of drug-likeness (QED) is 0.315. The third-order valence-corrected chi connectivity index (χ3v) is 6.72. The molecule has 0 aromatic rings. The van der Waals surface area contributed by atoms with Crippen molar-refractivity contribution in [3.05, 3.63) is 0 Å². The van der Waals surface area contributed by atoms with Crippen molar-refractivity contribution in [2.45, 2.75) is 57.9 Å². The van der Waals surface area contributed by atoms with Crippen LogP contribution in [0.2, 0.25) is 0 Å². The molecule has 1 saturated carbocycles. The normalized spacial score (nSPS) is 26.6. The molecule has 0 aromatic carbocycles. The number of guanidine groups is 1. The van der Waals surface area contributed by atoms with Crippen LogP contribution in [0.3, 0.4) is 0 Å². The van der Waals surface area contributed by atoms with E-state index < -0.39 is 0 Å². The van der Waals surface area contributed by atoms with Crippen LogP contribution < -0.4 is 10.6 Å². The predicted octanol–water partition coefficient (Wildman–Crippen LogP) is 2.54. The van der Waals surface area contributed by atoms with Gasteiger partial charge in [0.2, 0.25) is 0 Å². The minimum atomic E-state index is 0. The molecule has 3 fully saturated rings. The molecule has 0 amide bonds. The number of hydrogen-bond acceptors (Lipinski definition) is 4. The molecule has 1 unspecified atom stereocenters. The summed E-state index contributed by atoms with van der Waals surface area (Å²) in [5, 5.41) is 7.11. The average Bonchev–Trinajstić information content (AvgIpc) is 3.19. The molecule has 2 aliphatic heterocycles. The van der Waals surface area contributed by atoms with Gasteiger partial charge in [-0.2, -0.15) is 0 Å². The fourth-order valence-corrected chi connectivity index (χ4v) is 5.00. The molecule has 1 aliphatic carbocycles. The highest BCUT2D eigenvalue weighted by atomic mass is 127. The van der Waals surface area contributed by atoms with Crippen molar-refractivity contribution in [1.82, 2.24) is 20.4 Å². The van der Waals surface area contributed by atoms with E-state index in [1.165, 1.54) is 58.2 Å². The Labute approximate surface area is 189 Å². The van der Waals surface area contributed by atoms with Crippen LogP contribution >= 0.6 is 24.0 Å². The molecule has 7 heteroatoms. The summed E-state index contributed by atoms with van der Waals surface area (Å²) < 4.78 is 5.61. The second-order valence-electron chi connectivity index (χ2n) is 8.51. The summed E-state index contributed by atoms with van der Waals surface area (Å²) in [6.07, 6.45) is 7.92. The zero-order chi connectivity index (χ0) is 19.0. The summed E-state index contributed by atoms with van der Waals surface area (Å²) in [5.41, 5.74) is 0.247. The van der Waals surface area contributed by atoms with Gasteiger partial charge >= 0.3 is 0 Å². The minimum absolute atomic E-state index is 0. The molecule has 28 heavy (non-hydrogen) atoms. The summed E-state index contributed by atoms with van der Waals surface area (Å²) in [7, 11) is 0. The molecular formula is C21H42IN5O. The van der Waals surface area contributed by atoms with Gasteiger partial charge in [0.1, 0.15) is 0 Å². The van der Waals surface area contributed by atoms with Crippen molar-refractivity contribution < 1.29 is 4.74 Å². The molecule has 164 valence electrons. The zero-order valence-corrected chi connectivity index (χ0v) is 20.4. The largest absolute Gasteiger partial charge is 0.379 e. The van der Waals surface area contributed by atoms with Crippen LogP contribution in [-0.4, -0.2) is 86.9 Å². The molecule has 1 atom stereocenters. The molecule has 2 heterocycles. The Kier molecular flexibility index (Phi) is 10.8. The van der Waals surface area contributed by atoms with Crippen molar-refractivity contribution >= 4 is 29.9 Å². The van der Waals surface area contributed by atoms with Gasteiger partial charge in [-0.15, -0.1) is 24.0 Å². The number of halogens is 1. The van der Waals surface area contributed by atoms with Gasteiger partial charge in [0.25, 0.3) is 0 Å². The van der Waals surface area contributed by atoms with Crippen LogP contribution in [0, 0.1) is 5.92 Å². The van der Waals surface area contributed by atoms with E-state index in [9.17, 15) is 0 Å². The number of aliphatic imine (C=N–C) groups is 1. The van der Waals surface area contributed by atoms with E-state index in [0.717, 1.165) is 57.8 Å². The summed E-state index contributed by atoms with van der Waals surface area (Å²) in [6.45, 7) is 14.8.